The molecule has 2 heterocycles. The van der Waals surface area contributed by atoms with E-state index in [1.165, 1.54) is 11.8 Å². The predicted molar refractivity (Wildman–Crippen MR) is 86.6 cm³/mol. The Morgan fingerprint density at radius 2 is 2.18 bits per heavy atom. The standard InChI is InChI=1S/C15H16N4O2S/c1-9-6-10-4-5-11(21-3)7-12(10)19-14(9)17-18-15(19)22-8-13(20)16-2/h4-7H,8H2,1-3H3,(H,16,20). The molecule has 3 aromatic rings. The van der Waals surface area contributed by atoms with Crippen molar-refractivity contribution in [3.63, 3.8) is 0 Å². The first kappa shape index (κ1) is 14.6. The Balaban J connectivity index is 2.19. The van der Waals surface area contributed by atoms with Gasteiger partial charge in [0, 0.05) is 13.1 Å². The van der Waals surface area contributed by atoms with Gasteiger partial charge in [0.1, 0.15) is 5.75 Å². The monoisotopic (exact) mass is 316 g/mol. The van der Waals surface area contributed by atoms with Crippen molar-refractivity contribution >= 4 is 34.2 Å². The number of thioether (sulfide) groups is 1. The predicted octanol–water partition coefficient (Wildman–Crippen LogP) is 2.04. The third kappa shape index (κ3) is 2.48. The van der Waals surface area contributed by atoms with E-state index in [-0.39, 0.29) is 5.91 Å². The van der Waals surface area contributed by atoms with Crippen molar-refractivity contribution in [2.24, 2.45) is 0 Å². The van der Waals surface area contributed by atoms with Crippen LogP contribution in [0.5, 0.6) is 5.75 Å². The quantitative estimate of drug-likeness (QED) is 0.746. The molecule has 0 saturated carbocycles. The Morgan fingerprint density at radius 3 is 2.91 bits per heavy atom. The molecule has 7 heteroatoms. The third-order valence-electron chi connectivity index (χ3n) is 3.45. The molecule has 0 aliphatic rings. The number of rotatable bonds is 4. The Kier molecular flexibility index (Phi) is 3.89. The number of carbonyl (C=O) groups excluding carboxylic acids is 1. The highest BCUT2D eigenvalue weighted by molar-refractivity contribution is 7.99. The Labute approximate surface area is 131 Å². The van der Waals surface area contributed by atoms with Gasteiger partial charge in [-0.25, -0.2) is 0 Å². The summed E-state index contributed by atoms with van der Waals surface area (Å²) in [7, 11) is 3.26. The maximum Gasteiger partial charge on any atom is 0.230 e. The number of carbonyl (C=O) groups is 1. The number of amides is 1. The van der Waals surface area contributed by atoms with E-state index in [4.69, 9.17) is 4.74 Å². The minimum atomic E-state index is -0.0451. The fourth-order valence-corrected chi connectivity index (χ4v) is 3.12. The van der Waals surface area contributed by atoms with Gasteiger partial charge in [-0.3, -0.25) is 9.20 Å². The summed E-state index contributed by atoms with van der Waals surface area (Å²) in [5.41, 5.74) is 2.79. The van der Waals surface area contributed by atoms with E-state index >= 15 is 0 Å². The number of aromatic nitrogens is 3. The Bertz CT molecular complexity index is 859. The summed E-state index contributed by atoms with van der Waals surface area (Å²) < 4.78 is 7.28. The van der Waals surface area contributed by atoms with E-state index in [0.29, 0.717) is 10.9 Å². The van der Waals surface area contributed by atoms with E-state index in [0.717, 1.165) is 27.9 Å². The van der Waals surface area contributed by atoms with Crippen LogP contribution in [0.25, 0.3) is 16.6 Å². The molecule has 22 heavy (non-hydrogen) atoms. The van der Waals surface area contributed by atoms with Crippen molar-refractivity contribution in [1.82, 2.24) is 19.9 Å². The number of nitrogens with one attached hydrogen (secondary N) is 1. The van der Waals surface area contributed by atoms with Crippen LogP contribution in [0, 0.1) is 6.92 Å². The molecule has 3 rings (SSSR count). The summed E-state index contributed by atoms with van der Waals surface area (Å²) in [4.78, 5) is 11.5. The minimum Gasteiger partial charge on any atom is -0.497 e. The molecule has 0 saturated heterocycles. The van der Waals surface area contributed by atoms with Crippen molar-refractivity contribution in [3.05, 3.63) is 29.8 Å². The van der Waals surface area contributed by atoms with Crippen LogP contribution in [0.15, 0.2) is 29.4 Å². The van der Waals surface area contributed by atoms with Crippen LogP contribution in [0.3, 0.4) is 0 Å². The van der Waals surface area contributed by atoms with Gasteiger partial charge in [0.2, 0.25) is 5.91 Å². The number of hydrogen-bond donors (Lipinski definition) is 1. The summed E-state index contributed by atoms with van der Waals surface area (Å²) in [5, 5.41) is 12.8. The molecule has 1 aromatic carbocycles. The molecule has 6 nitrogen and oxygen atoms in total. The van der Waals surface area contributed by atoms with Crippen LogP contribution < -0.4 is 10.1 Å². The molecule has 0 aliphatic carbocycles. The topological polar surface area (TPSA) is 68.5 Å². The summed E-state index contributed by atoms with van der Waals surface area (Å²) in [5.74, 6) is 1.03. The highest BCUT2D eigenvalue weighted by Crippen LogP contribution is 2.28. The van der Waals surface area contributed by atoms with E-state index in [9.17, 15) is 4.79 Å². The second kappa shape index (κ2) is 5.84. The van der Waals surface area contributed by atoms with Gasteiger partial charge in [0.05, 0.1) is 18.4 Å². The SMILES string of the molecule is CNC(=O)CSc1nnc2c(C)cc3ccc(OC)cc3n12. The molecule has 1 N–H and O–H groups in total. The molecular weight excluding hydrogens is 300 g/mol. The number of fused-ring (bicyclic) bond motifs is 3. The fraction of sp³-hybridized carbons (Fsp3) is 0.267. The van der Waals surface area contributed by atoms with Gasteiger partial charge in [-0.05, 0) is 36.1 Å². The maximum atomic E-state index is 11.5. The molecule has 0 fully saturated rings. The molecule has 0 radical (unpaired) electrons. The first-order valence-electron chi connectivity index (χ1n) is 6.80. The van der Waals surface area contributed by atoms with Crippen LogP contribution in [0.1, 0.15) is 5.56 Å². The Morgan fingerprint density at radius 1 is 1.36 bits per heavy atom. The molecule has 1 amide bonds. The first-order valence-corrected chi connectivity index (χ1v) is 7.78. The van der Waals surface area contributed by atoms with Crippen LogP contribution in [0.2, 0.25) is 0 Å². The zero-order valence-corrected chi connectivity index (χ0v) is 13.4. The van der Waals surface area contributed by atoms with Gasteiger partial charge >= 0.3 is 0 Å². The van der Waals surface area contributed by atoms with Crippen molar-refractivity contribution in [2.75, 3.05) is 19.9 Å². The lowest BCUT2D eigenvalue weighted by Gasteiger charge is -2.08. The lowest BCUT2D eigenvalue weighted by atomic mass is 10.1. The van der Waals surface area contributed by atoms with Crippen LogP contribution in [-0.4, -0.2) is 40.4 Å². The summed E-state index contributed by atoms with van der Waals surface area (Å²) in [6.07, 6.45) is 0. The van der Waals surface area contributed by atoms with Gasteiger partial charge in [-0.1, -0.05) is 11.8 Å². The van der Waals surface area contributed by atoms with Crippen LogP contribution >= 0.6 is 11.8 Å². The molecule has 0 unspecified atom stereocenters. The van der Waals surface area contributed by atoms with Gasteiger partial charge < -0.3 is 10.1 Å². The molecule has 0 spiro atoms. The number of ether oxygens (including phenoxy) is 1. The molecule has 114 valence electrons. The number of benzene rings is 1. The highest BCUT2D eigenvalue weighted by Gasteiger charge is 2.13. The number of aryl methyl sites for hydroxylation is 1. The van der Waals surface area contributed by atoms with Crippen molar-refractivity contribution < 1.29 is 9.53 Å². The lowest BCUT2D eigenvalue weighted by Crippen LogP contribution is -2.19. The molecular formula is C15H16N4O2S. The van der Waals surface area contributed by atoms with E-state index in [1.807, 2.05) is 29.5 Å². The van der Waals surface area contributed by atoms with E-state index < -0.39 is 0 Å². The normalized spacial score (nSPS) is 11.0. The van der Waals surface area contributed by atoms with E-state index in [1.54, 1.807) is 14.2 Å². The largest absolute Gasteiger partial charge is 0.497 e. The lowest BCUT2D eigenvalue weighted by molar-refractivity contribution is -0.118. The van der Waals surface area contributed by atoms with Crippen molar-refractivity contribution in [2.45, 2.75) is 12.1 Å². The maximum absolute atomic E-state index is 11.5. The zero-order chi connectivity index (χ0) is 15.7. The average Bonchev–Trinajstić information content (AvgIpc) is 2.97. The number of pyridine rings is 1. The van der Waals surface area contributed by atoms with Gasteiger partial charge in [-0.2, -0.15) is 0 Å². The molecule has 2 aromatic heterocycles. The molecule has 0 bridgehead atoms. The fourth-order valence-electron chi connectivity index (χ4n) is 2.30. The third-order valence-corrected chi connectivity index (χ3v) is 4.38. The summed E-state index contributed by atoms with van der Waals surface area (Å²) >= 11 is 1.36. The second-order valence-corrected chi connectivity index (χ2v) is 5.80. The first-order chi connectivity index (χ1) is 10.6. The minimum absolute atomic E-state index is 0.0451. The number of hydrogen-bond acceptors (Lipinski definition) is 5. The summed E-state index contributed by atoms with van der Waals surface area (Å²) in [6.45, 7) is 2.00. The Hall–Kier alpha value is -2.28. The van der Waals surface area contributed by atoms with Crippen LogP contribution in [0.4, 0.5) is 0 Å². The van der Waals surface area contributed by atoms with Crippen molar-refractivity contribution in [1.29, 1.82) is 0 Å². The van der Waals surface area contributed by atoms with Gasteiger partial charge in [0.15, 0.2) is 10.8 Å². The van der Waals surface area contributed by atoms with Crippen LogP contribution in [-0.2, 0) is 4.79 Å². The number of nitrogens with zero attached hydrogens (tertiary/aromatic N) is 3. The average molecular weight is 316 g/mol. The van der Waals surface area contributed by atoms with Gasteiger partial charge in [0.25, 0.3) is 0 Å². The van der Waals surface area contributed by atoms with E-state index in [2.05, 4.69) is 21.6 Å². The number of methoxy groups -OCH3 is 1. The highest BCUT2D eigenvalue weighted by atomic mass is 32.2. The zero-order valence-electron chi connectivity index (χ0n) is 12.6. The van der Waals surface area contributed by atoms with Crippen molar-refractivity contribution in [3.8, 4) is 5.75 Å². The molecule has 0 atom stereocenters. The second-order valence-electron chi connectivity index (χ2n) is 4.86. The smallest absolute Gasteiger partial charge is 0.230 e. The molecule has 0 aliphatic heterocycles. The summed E-state index contributed by atoms with van der Waals surface area (Å²) in [6, 6.07) is 7.96. The van der Waals surface area contributed by atoms with Gasteiger partial charge in [-0.15, -0.1) is 10.2 Å².